The Kier molecular flexibility index (Phi) is 2.86. The van der Waals surface area contributed by atoms with Crippen molar-refractivity contribution in [3.63, 3.8) is 0 Å². The number of nitrogens with one attached hydrogen (secondary N) is 3. The van der Waals surface area contributed by atoms with Gasteiger partial charge in [0.2, 0.25) is 0 Å². The summed E-state index contributed by atoms with van der Waals surface area (Å²) in [6, 6.07) is 5.13. The molecule has 2 aromatic heterocycles. The fourth-order valence-electron chi connectivity index (χ4n) is 2.12. The predicted octanol–water partition coefficient (Wildman–Crippen LogP) is 0.562. The molecule has 3 rings (SSSR count). The topological polar surface area (TPSA) is 95.6 Å². The van der Waals surface area contributed by atoms with E-state index in [-0.39, 0.29) is 11.1 Å². The summed E-state index contributed by atoms with van der Waals surface area (Å²) < 4.78 is 1.88. The molecule has 1 aromatic carbocycles. The van der Waals surface area contributed by atoms with E-state index in [9.17, 15) is 9.59 Å². The van der Waals surface area contributed by atoms with Gasteiger partial charge in [0.1, 0.15) is 0 Å². The van der Waals surface area contributed by atoms with Crippen LogP contribution < -0.4 is 16.4 Å². The van der Waals surface area contributed by atoms with Gasteiger partial charge >= 0.3 is 0 Å². The van der Waals surface area contributed by atoms with E-state index in [1.165, 1.54) is 0 Å². The molecule has 0 saturated carbocycles. The third-order valence-electron chi connectivity index (χ3n) is 3.20. The number of aromatic nitrogens is 4. The molecule has 0 amide bonds. The van der Waals surface area contributed by atoms with Crippen LogP contribution in [0.4, 0.5) is 5.69 Å². The van der Waals surface area contributed by atoms with Crippen molar-refractivity contribution in [2.45, 2.75) is 6.54 Å². The normalized spacial score (nSPS) is 10.8. The number of H-pyrrole nitrogens is 2. The Bertz CT molecular complexity index is 874. The van der Waals surface area contributed by atoms with Crippen molar-refractivity contribution in [1.82, 2.24) is 19.7 Å². The fraction of sp³-hybridized carbons (Fsp3) is 0.154. The smallest absolute Gasteiger partial charge is 0.272 e. The van der Waals surface area contributed by atoms with Gasteiger partial charge in [0.15, 0.2) is 0 Å². The lowest BCUT2D eigenvalue weighted by Gasteiger charge is -2.09. The number of hydrogen-bond acceptors (Lipinski definition) is 4. The SMILES string of the molecule is Cn1cncc1CNc1cccc2c(=O)[nH][nH]c(=O)c12. The van der Waals surface area contributed by atoms with Gasteiger partial charge < -0.3 is 9.88 Å². The molecule has 0 spiro atoms. The monoisotopic (exact) mass is 271 g/mol. The van der Waals surface area contributed by atoms with Gasteiger partial charge in [-0.25, -0.2) is 4.98 Å². The van der Waals surface area contributed by atoms with Crippen LogP contribution in [0.2, 0.25) is 0 Å². The molecule has 0 fully saturated rings. The number of nitrogens with zero attached hydrogens (tertiary/aromatic N) is 2. The van der Waals surface area contributed by atoms with Crippen LogP contribution in [-0.4, -0.2) is 19.7 Å². The molecule has 0 bridgehead atoms. The van der Waals surface area contributed by atoms with E-state index >= 15 is 0 Å². The van der Waals surface area contributed by atoms with Crippen LogP contribution in [0.15, 0.2) is 40.3 Å². The highest BCUT2D eigenvalue weighted by Crippen LogP contribution is 2.17. The number of hydrogen-bond donors (Lipinski definition) is 3. The maximum absolute atomic E-state index is 11.9. The largest absolute Gasteiger partial charge is 0.379 e. The van der Waals surface area contributed by atoms with Gasteiger partial charge in [0, 0.05) is 18.9 Å². The molecule has 0 aliphatic carbocycles. The number of aromatic amines is 2. The Labute approximate surface area is 113 Å². The highest BCUT2D eigenvalue weighted by molar-refractivity contribution is 5.92. The third kappa shape index (κ3) is 1.99. The van der Waals surface area contributed by atoms with Gasteiger partial charge in [-0.2, -0.15) is 0 Å². The second-order valence-corrected chi connectivity index (χ2v) is 4.49. The minimum absolute atomic E-state index is 0.316. The molecular weight excluding hydrogens is 258 g/mol. The lowest BCUT2D eigenvalue weighted by atomic mass is 10.1. The Balaban J connectivity index is 2.04. The lowest BCUT2D eigenvalue weighted by molar-refractivity contribution is 0.838. The molecule has 0 aliphatic heterocycles. The van der Waals surface area contributed by atoms with Gasteiger partial charge in [-0.3, -0.25) is 19.8 Å². The molecule has 0 atom stereocenters. The van der Waals surface area contributed by atoms with Crippen molar-refractivity contribution in [2.24, 2.45) is 7.05 Å². The Morgan fingerprint density at radius 1 is 1.25 bits per heavy atom. The standard InChI is InChI=1S/C13H13N5O2/c1-18-7-14-5-8(18)6-15-10-4-2-3-9-11(10)13(20)17-16-12(9)19/h2-5,7,15H,6H2,1H3,(H,16,19)(H,17,20). The molecule has 3 N–H and O–H groups in total. The Morgan fingerprint density at radius 3 is 2.80 bits per heavy atom. The summed E-state index contributed by atoms with van der Waals surface area (Å²) in [5.74, 6) is 0. The van der Waals surface area contributed by atoms with Gasteiger partial charge in [-0.1, -0.05) is 6.07 Å². The molecule has 0 aliphatic rings. The average Bonchev–Trinajstić information content (AvgIpc) is 2.86. The number of rotatable bonds is 3. The molecule has 0 radical (unpaired) electrons. The molecule has 102 valence electrons. The van der Waals surface area contributed by atoms with E-state index in [2.05, 4.69) is 20.5 Å². The van der Waals surface area contributed by atoms with E-state index in [4.69, 9.17) is 0 Å². The third-order valence-corrected chi connectivity index (χ3v) is 3.20. The van der Waals surface area contributed by atoms with Gasteiger partial charge in [-0.15, -0.1) is 0 Å². The minimum Gasteiger partial charge on any atom is -0.379 e. The van der Waals surface area contributed by atoms with Crippen LogP contribution in [0.5, 0.6) is 0 Å². The van der Waals surface area contributed by atoms with Crippen molar-refractivity contribution < 1.29 is 0 Å². The van der Waals surface area contributed by atoms with Crippen molar-refractivity contribution in [3.8, 4) is 0 Å². The highest BCUT2D eigenvalue weighted by Gasteiger charge is 2.08. The van der Waals surface area contributed by atoms with Crippen molar-refractivity contribution in [3.05, 3.63) is 57.1 Å². The summed E-state index contributed by atoms with van der Waals surface area (Å²) in [5.41, 5.74) is 0.954. The summed E-state index contributed by atoms with van der Waals surface area (Å²) in [4.78, 5) is 27.6. The quantitative estimate of drug-likeness (QED) is 0.648. The maximum atomic E-state index is 11.9. The fourth-order valence-corrected chi connectivity index (χ4v) is 2.12. The van der Waals surface area contributed by atoms with E-state index in [0.717, 1.165) is 5.69 Å². The first-order valence-electron chi connectivity index (χ1n) is 6.09. The highest BCUT2D eigenvalue weighted by atomic mass is 16.1. The molecule has 7 nitrogen and oxygen atoms in total. The van der Waals surface area contributed by atoms with Gasteiger partial charge in [0.05, 0.1) is 29.3 Å². The first-order chi connectivity index (χ1) is 9.66. The zero-order valence-electron chi connectivity index (χ0n) is 10.8. The number of anilines is 1. The van der Waals surface area contributed by atoms with Crippen LogP contribution in [0, 0.1) is 0 Å². The van der Waals surface area contributed by atoms with Crippen molar-refractivity contribution >= 4 is 16.5 Å². The summed E-state index contributed by atoms with van der Waals surface area (Å²) in [6.07, 6.45) is 3.45. The Morgan fingerprint density at radius 2 is 2.05 bits per heavy atom. The van der Waals surface area contributed by atoms with E-state index in [1.54, 1.807) is 30.7 Å². The molecule has 0 unspecified atom stereocenters. The average molecular weight is 271 g/mol. The molecule has 2 heterocycles. The summed E-state index contributed by atoms with van der Waals surface area (Å²) in [6.45, 7) is 0.516. The minimum atomic E-state index is -0.326. The molecule has 0 saturated heterocycles. The number of aryl methyl sites for hydroxylation is 1. The van der Waals surface area contributed by atoms with E-state index in [0.29, 0.717) is 23.0 Å². The molecule has 3 aromatic rings. The predicted molar refractivity (Wildman–Crippen MR) is 75.7 cm³/mol. The number of fused-ring (bicyclic) bond motifs is 1. The van der Waals surface area contributed by atoms with Crippen molar-refractivity contribution in [2.75, 3.05) is 5.32 Å². The van der Waals surface area contributed by atoms with Gasteiger partial charge in [0.25, 0.3) is 11.1 Å². The first-order valence-corrected chi connectivity index (χ1v) is 6.09. The Hall–Kier alpha value is -2.83. The van der Waals surface area contributed by atoms with Crippen molar-refractivity contribution in [1.29, 1.82) is 0 Å². The zero-order chi connectivity index (χ0) is 14.1. The molecule has 7 heteroatoms. The van der Waals surface area contributed by atoms with Crippen LogP contribution in [0.25, 0.3) is 10.8 Å². The second kappa shape index (κ2) is 4.69. The summed E-state index contributed by atoms with van der Waals surface area (Å²) in [5, 5.41) is 8.54. The second-order valence-electron chi connectivity index (χ2n) is 4.49. The van der Waals surface area contributed by atoms with Crippen LogP contribution >= 0.6 is 0 Å². The lowest BCUT2D eigenvalue weighted by Crippen LogP contribution is -2.20. The number of imidazole rings is 1. The van der Waals surface area contributed by atoms with Gasteiger partial charge in [-0.05, 0) is 12.1 Å². The molecule has 20 heavy (non-hydrogen) atoms. The first kappa shape index (κ1) is 12.2. The zero-order valence-corrected chi connectivity index (χ0v) is 10.8. The van der Waals surface area contributed by atoms with E-state index in [1.807, 2.05) is 11.6 Å². The maximum Gasteiger partial charge on any atom is 0.272 e. The number of benzene rings is 1. The van der Waals surface area contributed by atoms with Crippen LogP contribution in [0.3, 0.4) is 0 Å². The molecular formula is C13H13N5O2. The summed E-state index contributed by atoms with van der Waals surface area (Å²) >= 11 is 0. The van der Waals surface area contributed by atoms with Crippen LogP contribution in [0.1, 0.15) is 5.69 Å². The summed E-state index contributed by atoms with van der Waals surface area (Å²) in [7, 11) is 1.89. The van der Waals surface area contributed by atoms with Crippen LogP contribution in [-0.2, 0) is 13.6 Å². The van der Waals surface area contributed by atoms with E-state index < -0.39 is 0 Å².